The van der Waals surface area contributed by atoms with Crippen molar-refractivity contribution < 1.29 is 8.42 Å². The molecular weight excluding hydrogens is 310 g/mol. The molecule has 1 saturated heterocycles. The van der Waals surface area contributed by atoms with Gasteiger partial charge in [-0.2, -0.15) is 8.42 Å². The zero-order chi connectivity index (χ0) is 16.7. The highest BCUT2D eigenvalue weighted by molar-refractivity contribution is 7.87. The fourth-order valence-electron chi connectivity index (χ4n) is 2.95. The number of rotatable bonds is 8. The smallest absolute Gasteiger partial charge is 0.276 e. The topological polar surface area (TPSA) is 61.4 Å². The molecule has 2 N–H and O–H groups in total. The Morgan fingerprint density at radius 3 is 2.35 bits per heavy atom. The van der Waals surface area contributed by atoms with Crippen molar-refractivity contribution >= 4 is 10.2 Å². The molecule has 1 atom stereocenters. The number of nitrogens with one attached hydrogen (secondary N) is 2. The second-order valence-corrected chi connectivity index (χ2v) is 7.85. The van der Waals surface area contributed by atoms with Crippen LogP contribution in [0.1, 0.15) is 49.8 Å². The first-order valence-electron chi connectivity index (χ1n) is 8.56. The van der Waals surface area contributed by atoms with E-state index in [-0.39, 0.29) is 6.04 Å². The molecule has 1 aromatic rings. The molecule has 5 nitrogen and oxygen atoms in total. The van der Waals surface area contributed by atoms with Gasteiger partial charge in [0.25, 0.3) is 10.2 Å². The number of piperidine rings is 1. The predicted molar refractivity (Wildman–Crippen MR) is 94.6 cm³/mol. The Kier molecular flexibility index (Phi) is 7.02. The van der Waals surface area contributed by atoms with Crippen LogP contribution in [0.25, 0.3) is 0 Å². The lowest BCUT2D eigenvalue weighted by Crippen LogP contribution is -2.44. The van der Waals surface area contributed by atoms with Crippen molar-refractivity contribution in [1.82, 2.24) is 14.3 Å². The van der Waals surface area contributed by atoms with Crippen molar-refractivity contribution in [2.45, 2.75) is 45.6 Å². The fraction of sp³-hybridized carbons (Fsp3) is 0.647. The van der Waals surface area contributed by atoms with Crippen LogP contribution < -0.4 is 9.44 Å². The largest absolute Gasteiger partial charge is 0.295 e. The Bertz CT molecular complexity index is 566. The van der Waals surface area contributed by atoms with Gasteiger partial charge in [-0.1, -0.05) is 43.2 Å². The number of hydrogen-bond acceptors (Lipinski definition) is 3. The fourth-order valence-corrected chi connectivity index (χ4v) is 3.90. The summed E-state index contributed by atoms with van der Waals surface area (Å²) in [6.45, 7) is 6.95. The van der Waals surface area contributed by atoms with Gasteiger partial charge in [-0.25, -0.2) is 9.44 Å². The van der Waals surface area contributed by atoms with Gasteiger partial charge in [0.2, 0.25) is 0 Å². The lowest BCUT2D eigenvalue weighted by Gasteiger charge is -2.35. The Balaban J connectivity index is 2.08. The van der Waals surface area contributed by atoms with Crippen LogP contribution in [0.15, 0.2) is 24.3 Å². The van der Waals surface area contributed by atoms with Crippen LogP contribution in [0.4, 0.5) is 0 Å². The van der Waals surface area contributed by atoms with Crippen LogP contribution >= 0.6 is 0 Å². The van der Waals surface area contributed by atoms with Crippen LogP contribution in [0, 0.1) is 6.92 Å². The van der Waals surface area contributed by atoms with Crippen LogP contribution in [0.5, 0.6) is 0 Å². The normalized spacial score (nSPS) is 18.0. The van der Waals surface area contributed by atoms with Crippen molar-refractivity contribution in [1.29, 1.82) is 0 Å². The second kappa shape index (κ2) is 8.78. The Morgan fingerprint density at radius 2 is 1.74 bits per heavy atom. The zero-order valence-corrected chi connectivity index (χ0v) is 15.0. The van der Waals surface area contributed by atoms with Crippen molar-refractivity contribution in [2.24, 2.45) is 0 Å². The SMILES string of the molecule is CCCNS(=O)(=O)NCC(c1ccc(C)cc1)N1CCCCC1. The quantitative estimate of drug-likeness (QED) is 0.764. The summed E-state index contributed by atoms with van der Waals surface area (Å²) in [5, 5.41) is 0. The molecule has 0 saturated carbocycles. The van der Waals surface area contributed by atoms with Crippen molar-refractivity contribution in [3.63, 3.8) is 0 Å². The predicted octanol–water partition coefficient (Wildman–Crippen LogP) is 2.36. The van der Waals surface area contributed by atoms with E-state index in [9.17, 15) is 8.42 Å². The van der Waals surface area contributed by atoms with Gasteiger partial charge in [-0.15, -0.1) is 0 Å². The van der Waals surface area contributed by atoms with Gasteiger partial charge in [0, 0.05) is 19.1 Å². The molecule has 1 aliphatic heterocycles. The summed E-state index contributed by atoms with van der Waals surface area (Å²) in [5.41, 5.74) is 2.40. The maximum absolute atomic E-state index is 12.0. The molecule has 1 fully saturated rings. The zero-order valence-electron chi connectivity index (χ0n) is 14.2. The van der Waals surface area contributed by atoms with Gasteiger partial charge in [0.1, 0.15) is 0 Å². The van der Waals surface area contributed by atoms with Crippen LogP contribution in [0.2, 0.25) is 0 Å². The third-order valence-corrected chi connectivity index (χ3v) is 5.43. The lowest BCUT2D eigenvalue weighted by molar-refractivity contribution is 0.164. The van der Waals surface area contributed by atoms with Gasteiger partial charge in [0.05, 0.1) is 0 Å². The molecule has 1 unspecified atom stereocenters. The maximum Gasteiger partial charge on any atom is 0.276 e. The highest BCUT2D eigenvalue weighted by Crippen LogP contribution is 2.24. The van der Waals surface area contributed by atoms with Gasteiger partial charge in [0.15, 0.2) is 0 Å². The van der Waals surface area contributed by atoms with Crippen LogP contribution in [-0.2, 0) is 10.2 Å². The average molecular weight is 340 g/mol. The summed E-state index contributed by atoms with van der Waals surface area (Å²) in [6.07, 6.45) is 4.42. The Labute approximate surface area is 140 Å². The molecule has 130 valence electrons. The molecule has 0 aliphatic carbocycles. The minimum atomic E-state index is -3.42. The minimum Gasteiger partial charge on any atom is -0.295 e. The molecule has 1 aromatic carbocycles. The first kappa shape index (κ1) is 18.4. The number of hydrogen-bond donors (Lipinski definition) is 2. The third kappa shape index (κ3) is 5.88. The monoisotopic (exact) mass is 339 g/mol. The highest BCUT2D eigenvalue weighted by Gasteiger charge is 2.23. The van der Waals surface area contributed by atoms with E-state index in [4.69, 9.17) is 0 Å². The molecule has 0 spiro atoms. The van der Waals surface area contributed by atoms with E-state index in [1.807, 2.05) is 6.92 Å². The van der Waals surface area contributed by atoms with E-state index < -0.39 is 10.2 Å². The van der Waals surface area contributed by atoms with E-state index in [2.05, 4.69) is 45.5 Å². The average Bonchev–Trinajstić information content (AvgIpc) is 2.56. The first-order chi connectivity index (χ1) is 11.0. The molecule has 1 aliphatic rings. The van der Waals surface area contributed by atoms with E-state index >= 15 is 0 Å². The third-order valence-electron chi connectivity index (χ3n) is 4.30. The molecule has 0 amide bonds. The Hall–Kier alpha value is -0.950. The van der Waals surface area contributed by atoms with Crippen molar-refractivity contribution in [2.75, 3.05) is 26.2 Å². The number of likely N-dealkylation sites (tertiary alicyclic amines) is 1. The van der Waals surface area contributed by atoms with E-state index in [1.165, 1.54) is 30.4 Å². The minimum absolute atomic E-state index is 0.0918. The van der Waals surface area contributed by atoms with Gasteiger partial charge < -0.3 is 0 Å². The van der Waals surface area contributed by atoms with Gasteiger partial charge >= 0.3 is 0 Å². The number of nitrogens with zero attached hydrogens (tertiary/aromatic N) is 1. The van der Waals surface area contributed by atoms with Crippen LogP contribution in [-0.4, -0.2) is 39.5 Å². The summed E-state index contributed by atoms with van der Waals surface area (Å²) in [4.78, 5) is 2.40. The van der Waals surface area contributed by atoms with Crippen molar-refractivity contribution in [3.8, 4) is 0 Å². The van der Waals surface area contributed by atoms with Gasteiger partial charge in [-0.05, 0) is 44.8 Å². The molecule has 0 bridgehead atoms. The van der Waals surface area contributed by atoms with E-state index in [0.717, 1.165) is 19.5 Å². The summed E-state index contributed by atoms with van der Waals surface area (Å²) >= 11 is 0. The number of benzene rings is 1. The summed E-state index contributed by atoms with van der Waals surface area (Å²) in [7, 11) is -3.42. The van der Waals surface area contributed by atoms with Crippen LogP contribution in [0.3, 0.4) is 0 Å². The highest BCUT2D eigenvalue weighted by atomic mass is 32.2. The molecule has 1 heterocycles. The molecule has 23 heavy (non-hydrogen) atoms. The molecular formula is C17H29N3O2S. The van der Waals surface area contributed by atoms with E-state index in [0.29, 0.717) is 13.1 Å². The summed E-state index contributed by atoms with van der Waals surface area (Å²) in [6, 6.07) is 8.51. The number of aryl methyl sites for hydroxylation is 1. The maximum atomic E-state index is 12.0. The molecule has 2 rings (SSSR count). The lowest BCUT2D eigenvalue weighted by atomic mass is 10.0. The summed E-state index contributed by atoms with van der Waals surface area (Å²) in [5.74, 6) is 0. The van der Waals surface area contributed by atoms with E-state index in [1.54, 1.807) is 0 Å². The molecule has 6 heteroatoms. The van der Waals surface area contributed by atoms with Crippen molar-refractivity contribution in [3.05, 3.63) is 35.4 Å². The van der Waals surface area contributed by atoms with Gasteiger partial charge in [-0.3, -0.25) is 4.90 Å². The Morgan fingerprint density at radius 1 is 1.09 bits per heavy atom. The standard InChI is InChI=1S/C17H29N3O2S/c1-3-11-18-23(21,22)19-14-17(20-12-5-4-6-13-20)16-9-7-15(2)8-10-16/h7-10,17-19H,3-6,11-14H2,1-2H3. The molecule has 0 aromatic heterocycles. The second-order valence-electron chi connectivity index (χ2n) is 6.27. The summed E-state index contributed by atoms with van der Waals surface area (Å²) < 4.78 is 29.3. The first-order valence-corrected chi connectivity index (χ1v) is 10.0. The molecule has 0 radical (unpaired) electrons.